The lowest BCUT2D eigenvalue weighted by molar-refractivity contribution is 0.0983. The summed E-state index contributed by atoms with van der Waals surface area (Å²) in [6.07, 6.45) is 0.549. The second kappa shape index (κ2) is 6.71. The van der Waals surface area contributed by atoms with E-state index in [0.717, 1.165) is 20.2 Å². The van der Waals surface area contributed by atoms with Gasteiger partial charge >= 0.3 is 0 Å². The number of rotatable bonds is 4. The molecule has 2 atom stereocenters. The van der Waals surface area contributed by atoms with Crippen LogP contribution in [0, 0.1) is 0 Å². The molecule has 1 aliphatic heterocycles. The molecule has 2 aromatic carbocycles. The van der Waals surface area contributed by atoms with Crippen molar-refractivity contribution in [3.63, 3.8) is 0 Å². The van der Waals surface area contributed by atoms with Gasteiger partial charge in [-0.2, -0.15) is 0 Å². The van der Waals surface area contributed by atoms with Crippen molar-refractivity contribution in [3.8, 4) is 5.75 Å². The molecule has 2 nitrogen and oxygen atoms in total. The summed E-state index contributed by atoms with van der Waals surface area (Å²) in [5.41, 5.74) is 3.04. The van der Waals surface area contributed by atoms with Gasteiger partial charge in [-0.05, 0) is 17.7 Å². The number of hydrogen-bond acceptors (Lipinski definition) is 2. The molecule has 114 valence electrons. The van der Waals surface area contributed by atoms with Crippen molar-refractivity contribution in [3.05, 3.63) is 63.6 Å². The molecule has 0 aromatic heterocycles. The van der Waals surface area contributed by atoms with Crippen LogP contribution in [0.25, 0.3) is 0 Å². The van der Waals surface area contributed by atoms with Gasteiger partial charge in [0.2, 0.25) is 0 Å². The van der Waals surface area contributed by atoms with E-state index in [0.29, 0.717) is 12.0 Å². The Morgan fingerprint density at radius 3 is 2.64 bits per heavy atom. The first kappa shape index (κ1) is 16.0. The molecule has 0 saturated heterocycles. The van der Waals surface area contributed by atoms with Crippen LogP contribution in [0.2, 0.25) is 0 Å². The number of hydrogen-bond donors (Lipinski definition) is 0. The molecule has 0 fully saturated rings. The third-order valence-corrected chi connectivity index (χ3v) is 5.32. The zero-order valence-corrected chi connectivity index (χ0v) is 15.9. The Labute approximate surface area is 152 Å². The van der Waals surface area contributed by atoms with E-state index in [1.165, 1.54) is 5.56 Å². The van der Waals surface area contributed by atoms with Crippen LogP contribution < -0.4 is 4.74 Å². The van der Waals surface area contributed by atoms with E-state index in [9.17, 15) is 4.79 Å². The van der Waals surface area contributed by atoms with Gasteiger partial charge in [0, 0.05) is 20.9 Å². The van der Waals surface area contributed by atoms with E-state index in [2.05, 4.69) is 56.7 Å². The maximum Gasteiger partial charge on any atom is 0.166 e. The topological polar surface area (TPSA) is 26.3 Å². The van der Waals surface area contributed by atoms with Crippen molar-refractivity contribution in [2.75, 3.05) is 4.43 Å². The smallest absolute Gasteiger partial charge is 0.166 e. The van der Waals surface area contributed by atoms with Crippen LogP contribution in [0.1, 0.15) is 40.7 Å². The van der Waals surface area contributed by atoms with Crippen LogP contribution in [-0.4, -0.2) is 16.3 Å². The Balaban J connectivity index is 2.16. The summed E-state index contributed by atoms with van der Waals surface area (Å²) in [7, 11) is 0. The second-order valence-corrected chi connectivity index (χ2v) is 7.14. The third kappa shape index (κ3) is 2.83. The van der Waals surface area contributed by atoms with Gasteiger partial charge in [-0.3, -0.25) is 4.79 Å². The van der Waals surface area contributed by atoms with Gasteiger partial charge in [0.05, 0.1) is 11.5 Å². The predicted octanol–water partition coefficient (Wildman–Crippen LogP) is 5.37. The van der Waals surface area contributed by atoms with Gasteiger partial charge < -0.3 is 4.74 Å². The number of carbonyl (C=O) groups is 1. The number of fused-ring (bicyclic) bond motifs is 1. The normalized spacial score (nSPS) is 19.6. The minimum absolute atomic E-state index is 0.0655. The van der Waals surface area contributed by atoms with Gasteiger partial charge in [-0.25, -0.2) is 0 Å². The average molecular weight is 471 g/mol. The van der Waals surface area contributed by atoms with Crippen LogP contribution in [0.15, 0.2) is 46.9 Å². The highest BCUT2D eigenvalue weighted by molar-refractivity contribution is 14.1. The number of benzene rings is 2. The summed E-state index contributed by atoms with van der Waals surface area (Å²) in [6.45, 7) is 1.88. The van der Waals surface area contributed by atoms with Crippen molar-refractivity contribution in [1.29, 1.82) is 0 Å². The third-order valence-electron chi connectivity index (χ3n) is 3.99. The number of halogens is 2. The van der Waals surface area contributed by atoms with E-state index in [1.807, 2.05) is 31.2 Å². The number of alkyl halides is 1. The largest absolute Gasteiger partial charge is 0.488 e. The first-order valence-electron chi connectivity index (χ1n) is 7.30. The highest BCUT2D eigenvalue weighted by Crippen LogP contribution is 2.46. The molecule has 1 aliphatic rings. The number of Topliss-reactive ketones (excluding diaryl/α,β-unsaturated/α-hetero) is 1. The molecular weight excluding hydrogens is 455 g/mol. The maximum absolute atomic E-state index is 12.3. The standard InChI is InChI=1S/C18H16BrIO2/c1-2-15(21)13-8-12(19)9-14-17(11-6-4-3-5-7-11)16(10-20)22-18(13)14/h3-9,16-17H,2,10H2,1H3. The SMILES string of the molecule is CCC(=O)c1cc(Br)cc2c1OC(CI)C2c1ccccc1. The van der Waals surface area contributed by atoms with E-state index in [1.54, 1.807) is 0 Å². The Hall–Kier alpha value is -0.880. The number of ether oxygens (including phenoxy) is 1. The molecule has 2 unspecified atom stereocenters. The minimum atomic E-state index is 0.0655. The minimum Gasteiger partial charge on any atom is -0.488 e. The Morgan fingerprint density at radius 2 is 2.00 bits per heavy atom. The first-order valence-corrected chi connectivity index (χ1v) is 9.61. The molecule has 0 amide bonds. The van der Waals surface area contributed by atoms with Gasteiger partial charge in [0.25, 0.3) is 0 Å². The maximum atomic E-state index is 12.3. The molecule has 0 saturated carbocycles. The lowest BCUT2D eigenvalue weighted by Crippen LogP contribution is -2.21. The fraction of sp³-hybridized carbons (Fsp3) is 0.278. The molecule has 22 heavy (non-hydrogen) atoms. The summed E-state index contributed by atoms with van der Waals surface area (Å²) in [6, 6.07) is 14.3. The van der Waals surface area contributed by atoms with Crippen molar-refractivity contribution < 1.29 is 9.53 Å². The molecule has 0 radical (unpaired) electrons. The van der Waals surface area contributed by atoms with Gasteiger partial charge in [-0.1, -0.05) is 75.8 Å². The lowest BCUT2D eigenvalue weighted by atomic mass is 9.88. The van der Waals surface area contributed by atoms with Crippen LogP contribution in [0.3, 0.4) is 0 Å². The predicted molar refractivity (Wildman–Crippen MR) is 100 cm³/mol. The fourth-order valence-corrected chi connectivity index (χ4v) is 4.13. The van der Waals surface area contributed by atoms with Gasteiger partial charge in [0.1, 0.15) is 11.9 Å². The molecule has 0 bridgehead atoms. The first-order chi connectivity index (χ1) is 10.7. The molecule has 2 aromatic rings. The highest BCUT2D eigenvalue weighted by Gasteiger charge is 2.37. The van der Waals surface area contributed by atoms with Crippen molar-refractivity contribution in [1.82, 2.24) is 0 Å². The summed E-state index contributed by atoms with van der Waals surface area (Å²) in [5, 5.41) is 0. The number of carbonyl (C=O) groups excluding carboxylic acids is 1. The van der Waals surface area contributed by atoms with E-state index >= 15 is 0 Å². The number of ketones is 1. The van der Waals surface area contributed by atoms with E-state index in [-0.39, 0.29) is 17.8 Å². The molecule has 4 heteroatoms. The molecule has 0 N–H and O–H groups in total. The van der Waals surface area contributed by atoms with Crippen molar-refractivity contribution in [2.24, 2.45) is 0 Å². The average Bonchev–Trinajstić information content (AvgIpc) is 2.92. The quantitative estimate of drug-likeness (QED) is 0.341. The van der Waals surface area contributed by atoms with Gasteiger partial charge in [-0.15, -0.1) is 0 Å². The summed E-state index contributed by atoms with van der Waals surface area (Å²) in [4.78, 5) is 12.3. The lowest BCUT2D eigenvalue weighted by Gasteiger charge is -2.17. The molecule has 0 aliphatic carbocycles. The second-order valence-electron chi connectivity index (χ2n) is 5.35. The Bertz CT molecular complexity index is 700. The van der Waals surface area contributed by atoms with Crippen LogP contribution in [-0.2, 0) is 0 Å². The monoisotopic (exact) mass is 470 g/mol. The zero-order chi connectivity index (χ0) is 15.7. The van der Waals surface area contributed by atoms with Crippen LogP contribution in [0.4, 0.5) is 0 Å². The van der Waals surface area contributed by atoms with Gasteiger partial charge in [0.15, 0.2) is 5.78 Å². The van der Waals surface area contributed by atoms with Crippen molar-refractivity contribution in [2.45, 2.75) is 25.4 Å². The van der Waals surface area contributed by atoms with E-state index in [4.69, 9.17) is 4.74 Å². The fourth-order valence-electron chi connectivity index (χ4n) is 2.97. The summed E-state index contributed by atoms with van der Waals surface area (Å²) >= 11 is 5.90. The summed E-state index contributed by atoms with van der Waals surface area (Å²) in [5.74, 6) is 1.07. The Kier molecular flexibility index (Phi) is 4.88. The van der Waals surface area contributed by atoms with E-state index < -0.39 is 0 Å². The summed E-state index contributed by atoms with van der Waals surface area (Å²) < 4.78 is 7.99. The van der Waals surface area contributed by atoms with Crippen molar-refractivity contribution >= 4 is 44.3 Å². The molecule has 1 heterocycles. The van der Waals surface area contributed by atoms with Crippen LogP contribution in [0.5, 0.6) is 5.75 Å². The van der Waals surface area contributed by atoms with Crippen LogP contribution >= 0.6 is 38.5 Å². The molecule has 3 rings (SSSR count). The zero-order valence-electron chi connectivity index (χ0n) is 12.2. The highest BCUT2D eigenvalue weighted by atomic mass is 127. The Morgan fingerprint density at radius 1 is 1.27 bits per heavy atom. The molecular formula is C18H16BrIO2. The molecule has 0 spiro atoms.